The zero-order chi connectivity index (χ0) is 23.3. The number of amides is 2. The summed E-state index contributed by atoms with van der Waals surface area (Å²) in [5.41, 5.74) is 0.745. The zero-order valence-corrected chi connectivity index (χ0v) is 19.6. The predicted molar refractivity (Wildman–Crippen MR) is 128 cm³/mol. The van der Waals surface area contributed by atoms with Gasteiger partial charge < -0.3 is 10.1 Å². The van der Waals surface area contributed by atoms with Crippen molar-refractivity contribution >= 4 is 63.7 Å². The Hall–Kier alpha value is -2.39. The lowest BCUT2D eigenvalue weighted by atomic mass is 10.2. The van der Waals surface area contributed by atoms with Gasteiger partial charge in [0.1, 0.15) is 11.5 Å². The third kappa shape index (κ3) is 5.89. The van der Waals surface area contributed by atoms with Crippen LogP contribution >= 0.6 is 35.0 Å². The number of nitrogens with one attached hydrogen (secondary N) is 1. The SMILES string of the molecule is COCC(C)NC(=O)CSC1=N/C(=C\c2ccc(Cl)c(Cl)c2)C(=O)N1c1ccccc1F. The van der Waals surface area contributed by atoms with Gasteiger partial charge in [0, 0.05) is 13.2 Å². The maximum Gasteiger partial charge on any atom is 0.283 e. The molecule has 1 atom stereocenters. The smallest absolute Gasteiger partial charge is 0.283 e. The molecule has 0 aromatic heterocycles. The molecular weight excluding hydrogens is 476 g/mol. The van der Waals surface area contributed by atoms with E-state index in [0.29, 0.717) is 22.2 Å². The van der Waals surface area contributed by atoms with Gasteiger partial charge in [0.2, 0.25) is 5.91 Å². The van der Waals surface area contributed by atoms with E-state index in [1.54, 1.807) is 31.4 Å². The van der Waals surface area contributed by atoms with E-state index in [4.69, 9.17) is 27.9 Å². The molecule has 0 aliphatic carbocycles. The van der Waals surface area contributed by atoms with Crippen LogP contribution in [0.4, 0.5) is 10.1 Å². The van der Waals surface area contributed by atoms with Crippen LogP contribution in [0.2, 0.25) is 10.0 Å². The van der Waals surface area contributed by atoms with Crippen molar-refractivity contribution in [1.29, 1.82) is 0 Å². The number of anilines is 1. The monoisotopic (exact) mass is 495 g/mol. The Balaban J connectivity index is 1.88. The number of thioether (sulfide) groups is 1. The Labute approximate surface area is 199 Å². The first kappa shape index (κ1) is 24.3. The van der Waals surface area contributed by atoms with E-state index < -0.39 is 11.7 Å². The van der Waals surface area contributed by atoms with E-state index in [0.717, 1.165) is 16.7 Å². The van der Waals surface area contributed by atoms with Crippen molar-refractivity contribution in [3.63, 3.8) is 0 Å². The lowest BCUT2D eigenvalue weighted by molar-refractivity contribution is -0.119. The Morgan fingerprint density at radius 1 is 1.28 bits per heavy atom. The van der Waals surface area contributed by atoms with Crippen LogP contribution in [0.3, 0.4) is 0 Å². The summed E-state index contributed by atoms with van der Waals surface area (Å²) in [7, 11) is 1.55. The first-order chi connectivity index (χ1) is 15.3. The lowest BCUT2D eigenvalue weighted by Gasteiger charge is -2.18. The van der Waals surface area contributed by atoms with Crippen molar-refractivity contribution in [2.45, 2.75) is 13.0 Å². The second-order valence-corrected chi connectivity index (χ2v) is 8.66. The number of hydrogen-bond acceptors (Lipinski definition) is 5. The quantitative estimate of drug-likeness (QED) is 0.562. The summed E-state index contributed by atoms with van der Waals surface area (Å²) in [5, 5.41) is 3.69. The highest BCUT2D eigenvalue weighted by molar-refractivity contribution is 8.14. The number of halogens is 3. The van der Waals surface area contributed by atoms with Crippen LogP contribution in [0.15, 0.2) is 53.2 Å². The Kier molecular flexibility index (Phi) is 8.31. The summed E-state index contributed by atoms with van der Waals surface area (Å²) in [6, 6.07) is 10.6. The number of amidine groups is 1. The van der Waals surface area contributed by atoms with Crippen LogP contribution in [0.5, 0.6) is 0 Å². The summed E-state index contributed by atoms with van der Waals surface area (Å²) >= 11 is 13.0. The molecule has 6 nitrogen and oxygen atoms in total. The third-order valence-corrected chi connectivity index (χ3v) is 6.00. The van der Waals surface area contributed by atoms with Gasteiger partial charge in [0.05, 0.1) is 28.1 Å². The van der Waals surface area contributed by atoms with Gasteiger partial charge >= 0.3 is 0 Å². The van der Waals surface area contributed by atoms with Gasteiger partial charge in [-0.2, -0.15) is 0 Å². The van der Waals surface area contributed by atoms with Crippen LogP contribution in [0, 0.1) is 5.82 Å². The molecule has 1 aliphatic heterocycles. The molecular formula is C22H20Cl2FN3O3S. The Morgan fingerprint density at radius 3 is 2.72 bits per heavy atom. The van der Waals surface area contributed by atoms with Gasteiger partial charge in [0.15, 0.2) is 5.17 Å². The highest BCUT2D eigenvalue weighted by Gasteiger charge is 2.34. The summed E-state index contributed by atoms with van der Waals surface area (Å²) < 4.78 is 19.5. The molecule has 2 aromatic carbocycles. The minimum Gasteiger partial charge on any atom is -0.383 e. The topological polar surface area (TPSA) is 71.0 Å². The summed E-state index contributed by atoms with van der Waals surface area (Å²) in [6.45, 7) is 2.18. The van der Waals surface area contributed by atoms with Gasteiger partial charge in [0.25, 0.3) is 5.91 Å². The predicted octanol–water partition coefficient (Wildman–Crippen LogP) is 4.76. The van der Waals surface area contributed by atoms with Crippen molar-refractivity contribution in [3.05, 3.63) is 69.6 Å². The molecule has 2 amide bonds. The molecule has 1 unspecified atom stereocenters. The zero-order valence-electron chi connectivity index (χ0n) is 17.3. The Bertz CT molecular complexity index is 1090. The van der Waals surface area contributed by atoms with Gasteiger partial charge in [-0.15, -0.1) is 0 Å². The minimum atomic E-state index is -0.580. The van der Waals surface area contributed by atoms with Crippen molar-refractivity contribution < 1.29 is 18.7 Å². The highest BCUT2D eigenvalue weighted by atomic mass is 35.5. The number of nitrogens with zero attached hydrogens (tertiary/aromatic N) is 2. The fourth-order valence-electron chi connectivity index (χ4n) is 2.94. The van der Waals surface area contributed by atoms with Crippen molar-refractivity contribution in [3.8, 4) is 0 Å². The molecule has 32 heavy (non-hydrogen) atoms. The number of para-hydroxylation sites is 1. The number of benzene rings is 2. The van der Waals surface area contributed by atoms with E-state index in [-0.39, 0.29) is 34.3 Å². The van der Waals surface area contributed by atoms with Crippen LogP contribution in [-0.2, 0) is 14.3 Å². The van der Waals surface area contributed by atoms with Crippen molar-refractivity contribution in [1.82, 2.24) is 5.32 Å². The molecule has 1 heterocycles. The summed E-state index contributed by atoms with van der Waals surface area (Å²) in [4.78, 5) is 30.9. The molecule has 0 fully saturated rings. The standard InChI is InChI=1S/C22H20Cl2FN3O3S/c1-13(11-31-2)26-20(29)12-32-22-27-18(10-14-7-8-15(23)16(24)9-14)21(30)28(22)19-6-4-3-5-17(19)25/h3-10,13H,11-12H2,1-2H3,(H,26,29)/b18-10-. The molecule has 0 saturated heterocycles. The molecule has 10 heteroatoms. The summed E-state index contributed by atoms with van der Waals surface area (Å²) in [6.07, 6.45) is 1.53. The fourth-order valence-corrected chi connectivity index (χ4v) is 4.06. The maximum atomic E-state index is 14.5. The number of carbonyl (C=O) groups is 2. The first-order valence-corrected chi connectivity index (χ1v) is 11.3. The Morgan fingerprint density at radius 2 is 2.03 bits per heavy atom. The van der Waals surface area contributed by atoms with E-state index in [1.165, 1.54) is 24.3 Å². The number of ether oxygens (including phenoxy) is 1. The van der Waals surface area contributed by atoms with Crippen LogP contribution < -0.4 is 10.2 Å². The molecule has 168 valence electrons. The minimum absolute atomic E-state index is 0.00876. The molecule has 0 bridgehead atoms. The largest absolute Gasteiger partial charge is 0.383 e. The van der Waals surface area contributed by atoms with E-state index in [2.05, 4.69) is 10.3 Å². The average molecular weight is 496 g/mol. The van der Waals surface area contributed by atoms with Gasteiger partial charge in [-0.3, -0.25) is 14.5 Å². The number of methoxy groups -OCH3 is 1. The normalized spacial score (nSPS) is 15.8. The molecule has 0 radical (unpaired) electrons. The van der Waals surface area contributed by atoms with Gasteiger partial charge in [-0.05, 0) is 42.8 Å². The third-order valence-electron chi connectivity index (χ3n) is 4.33. The summed E-state index contributed by atoms with van der Waals surface area (Å²) in [5.74, 6) is -1.37. The van der Waals surface area contributed by atoms with Crippen molar-refractivity contribution in [2.24, 2.45) is 4.99 Å². The molecule has 0 saturated carbocycles. The van der Waals surface area contributed by atoms with Crippen LogP contribution in [0.25, 0.3) is 6.08 Å². The second-order valence-electron chi connectivity index (χ2n) is 6.90. The molecule has 1 aliphatic rings. The van der Waals surface area contributed by atoms with Crippen LogP contribution in [0.1, 0.15) is 12.5 Å². The number of carbonyl (C=O) groups excluding carboxylic acids is 2. The van der Waals surface area contributed by atoms with Gasteiger partial charge in [-0.1, -0.05) is 53.2 Å². The maximum absolute atomic E-state index is 14.5. The molecule has 1 N–H and O–H groups in total. The number of rotatable bonds is 7. The van der Waals surface area contributed by atoms with E-state index >= 15 is 0 Å². The molecule has 2 aromatic rings. The average Bonchev–Trinajstić information content (AvgIpc) is 3.05. The van der Waals surface area contributed by atoms with Gasteiger partial charge in [-0.25, -0.2) is 9.38 Å². The molecule has 0 spiro atoms. The lowest BCUT2D eigenvalue weighted by Crippen LogP contribution is -2.38. The van der Waals surface area contributed by atoms with Crippen molar-refractivity contribution in [2.75, 3.05) is 24.4 Å². The fraction of sp³-hybridized carbons (Fsp3) is 0.227. The van der Waals surface area contributed by atoms with E-state index in [1.807, 2.05) is 6.92 Å². The molecule has 3 rings (SSSR count). The number of aliphatic imine (C=N–C) groups is 1. The van der Waals surface area contributed by atoms with E-state index in [9.17, 15) is 14.0 Å². The van der Waals surface area contributed by atoms with Crippen LogP contribution in [-0.4, -0.2) is 42.5 Å². The number of hydrogen-bond donors (Lipinski definition) is 1. The second kappa shape index (κ2) is 11.0. The first-order valence-electron chi connectivity index (χ1n) is 9.55. The highest BCUT2D eigenvalue weighted by Crippen LogP contribution is 2.32.